The Balaban J connectivity index is 0. The number of hydrogen-bond donors (Lipinski definition) is 2. The molecular weight excluding hydrogens is 781 g/mol. The number of Topliss-reactive ketones (excluding diaryl/α,β-unsaturated/α-hetero) is 1. The molecule has 0 aliphatic heterocycles. The third-order valence-corrected chi connectivity index (χ3v) is 5.42. The summed E-state index contributed by atoms with van der Waals surface area (Å²) in [4.78, 5) is 39.1. The number of ketones is 1. The van der Waals surface area contributed by atoms with Gasteiger partial charge in [-0.05, 0) is 64.2 Å². The number of carboxylic acids is 1. The first-order chi connectivity index (χ1) is 15.0. The van der Waals surface area contributed by atoms with E-state index in [1.54, 1.807) is 35.9 Å². The molecule has 3 rings (SSSR count). The zero-order chi connectivity index (χ0) is 24.4. The summed E-state index contributed by atoms with van der Waals surface area (Å²) in [5.74, 6) is -1.98. The van der Waals surface area contributed by atoms with Gasteiger partial charge in [0, 0.05) is 25.7 Å². The molecule has 0 fully saturated rings. The van der Waals surface area contributed by atoms with Gasteiger partial charge in [-0.3, -0.25) is 4.79 Å². The number of hydrogen-bond acceptors (Lipinski definition) is 7. The Morgan fingerprint density at radius 3 is 2.21 bits per heavy atom. The Kier molecular flexibility index (Phi) is 17.7. The number of aromatic nitrogens is 3. The second kappa shape index (κ2) is 17.2. The predicted molar refractivity (Wildman–Crippen MR) is 155 cm³/mol. The number of anilines is 1. The number of nitrogens with two attached hydrogens (primary N) is 1. The fourth-order valence-corrected chi connectivity index (χ4v) is 3.90. The summed E-state index contributed by atoms with van der Waals surface area (Å²) < 4.78 is 7.90. The number of rotatable bonds is 4. The summed E-state index contributed by atoms with van der Waals surface area (Å²) in [6.45, 7) is 1.90. The smallest absolute Gasteiger partial charge is 0.375 e. The fourth-order valence-electron chi connectivity index (χ4n) is 1.82. The number of nitrogens with zero attached hydrogens (tertiary/aromatic N) is 3. The van der Waals surface area contributed by atoms with Gasteiger partial charge in [-0.15, -0.1) is 0 Å². The largest absolute Gasteiger partial charge is 0.476 e. The molecule has 3 aromatic heterocycles. The van der Waals surface area contributed by atoms with Crippen molar-refractivity contribution in [1.82, 2.24) is 14.4 Å². The van der Waals surface area contributed by atoms with Gasteiger partial charge in [0.2, 0.25) is 5.78 Å². The lowest BCUT2D eigenvalue weighted by Gasteiger charge is -1.96. The van der Waals surface area contributed by atoms with Crippen molar-refractivity contribution in [2.24, 2.45) is 0 Å². The Bertz CT molecular complexity index is 1130. The maximum absolute atomic E-state index is 10.6. The van der Waals surface area contributed by atoms with Crippen molar-refractivity contribution in [3.8, 4) is 0 Å². The molecule has 0 spiro atoms. The molecule has 0 saturated carbocycles. The normalized spacial score (nSPS) is 9.24. The Hall–Kier alpha value is -1.23. The molecule has 0 radical (unpaired) electrons. The van der Waals surface area contributed by atoms with Crippen molar-refractivity contribution < 1.29 is 24.2 Å². The SMILES string of the molecule is C.C.CCOC(=O)C(=O)CBr.Nc1ncc(I)cc1Cl.O=C(O)c1cn2cc(I)cc(Cl)c2n1. The van der Waals surface area contributed by atoms with Gasteiger partial charge in [-0.2, -0.15) is 0 Å². The number of esters is 1. The zero-order valence-corrected chi connectivity index (χ0v) is 23.6. The van der Waals surface area contributed by atoms with Gasteiger partial charge in [0.25, 0.3) is 0 Å². The van der Waals surface area contributed by atoms with E-state index in [9.17, 15) is 14.4 Å². The van der Waals surface area contributed by atoms with Crippen LogP contribution in [0.4, 0.5) is 5.82 Å². The zero-order valence-electron chi connectivity index (χ0n) is 16.2. The predicted octanol–water partition coefficient (Wildman–Crippen LogP) is 6.00. The van der Waals surface area contributed by atoms with Crippen molar-refractivity contribution in [2.45, 2.75) is 21.8 Å². The van der Waals surface area contributed by atoms with E-state index in [-0.39, 0.29) is 32.5 Å². The molecule has 188 valence electrons. The summed E-state index contributed by atoms with van der Waals surface area (Å²) in [5.41, 5.74) is 5.80. The first-order valence-corrected chi connectivity index (χ1v) is 12.4. The topological polar surface area (TPSA) is 137 Å². The van der Waals surface area contributed by atoms with Crippen molar-refractivity contribution >= 4 is 114 Å². The molecule has 0 unspecified atom stereocenters. The van der Waals surface area contributed by atoms with Crippen LogP contribution < -0.4 is 5.73 Å². The molecule has 0 aliphatic carbocycles. The summed E-state index contributed by atoms with van der Waals surface area (Å²) in [6, 6.07) is 3.50. The van der Waals surface area contributed by atoms with Gasteiger partial charge in [0.1, 0.15) is 5.82 Å². The van der Waals surface area contributed by atoms with Crippen molar-refractivity contribution in [2.75, 3.05) is 17.7 Å². The van der Waals surface area contributed by atoms with Crippen LogP contribution in [-0.2, 0) is 14.3 Å². The molecule has 0 atom stereocenters. The van der Waals surface area contributed by atoms with E-state index in [0.29, 0.717) is 21.5 Å². The maximum atomic E-state index is 10.6. The molecule has 0 amide bonds. The molecule has 34 heavy (non-hydrogen) atoms. The van der Waals surface area contributed by atoms with Crippen molar-refractivity contribution in [1.29, 1.82) is 0 Å². The second-order valence-corrected chi connectivity index (χ2v) is 9.33. The first kappa shape index (κ1) is 34.9. The van der Waals surface area contributed by atoms with Gasteiger partial charge in [-0.25, -0.2) is 19.6 Å². The number of carbonyl (C=O) groups excluding carboxylic acids is 2. The van der Waals surface area contributed by atoms with Crippen LogP contribution in [0, 0.1) is 7.14 Å². The Morgan fingerprint density at radius 1 is 1.15 bits per heavy atom. The third kappa shape index (κ3) is 11.5. The van der Waals surface area contributed by atoms with Crippen LogP contribution in [0.5, 0.6) is 0 Å². The molecule has 3 heterocycles. The third-order valence-electron chi connectivity index (χ3n) is 3.15. The van der Waals surface area contributed by atoms with E-state index < -0.39 is 17.7 Å². The minimum atomic E-state index is -1.06. The van der Waals surface area contributed by atoms with E-state index in [1.165, 1.54) is 6.20 Å². The minimum Gasteiger partial charge on any atom is -0.476 e. The van der Waals surface area contributed by atoms with Crippen LogP contribution >= 0.6 is 84.3 Å². The number of fused-ring (bicyclic) bond motifs is 1. The van der Waals surface area contributed by atoms with Crippen LogP contribution in [0.15, 0.2) is 30.7 Å². The molecule has 0 bridgehead atoms. The van der Waals surface area contributed by atoms with Crippen LogP contribution in [0.3, 0.4) is 0 Å². The number of pyridine rings is 2. The minimum absolute atomic E-state index is 0. The van der Waals surface area contributed by atoms with E-state index in [1.807, 2.05) is 0 Å². The number of halogens is 5. The quantitative estimate of drug-likeness (QED) is 0.142. The van der Waals surface area contributed by atoms with Crippen molar-refractivity contribution in [3.63, 3.8) is 0 Å². The number of carbonyl (C=O) groups is 3. The molecule has 0 saturated heterocycles. The maximum Gasteiger partial charge on any atom is 0.375 e. The van der Waals surface area contributed by atoms with Gasteiger partial charge in [-0.1, -0.05) is 54.0 Å². The average molecular weight is 804 g/mol. The molecule has 0 aliphatic rings. The number of aromatic carboxylic acids is 1. The van der Waals surface area contributed by atoms with Crippen LogP contribution in [0.1, 0.15) is 32.3 Å². The van der Waals surface area contributed by atoms with Crippen LogP contribution in [0.25, 0.3) is 5.65 Å². The molecule has 3 aromatic rings. The molecular formula is C20H23BrCl2I2N4O5. The monoisotopic (exact) mass is 802 g/mol. The molecule has 0 aromatic carbocycles. The van der Waals surface area contributed by atoms with Gasteiger partial charge >= 0.3 is 11.9 Å². The van der Waals surface area contributed by atoms with Gasteiger partial charge in [0.15, 0.2) is 11.3 Å². The number of carboxylic acid groups (broad SMARTS) is 1. The van der Waals surface area contributed by atoms with Crippen molar-refractivity contribution in [3.05, 3.63) is 53.6 Å². The standard InChI is InChI=1S/C8H4ClIN2O2.C5H7BrO3.C5H4ClIN2.2CH4/c9-5-1-4(10)2-12-3-6(8(13)14)11-7(5)12;1-2-9-5(8)4(7)3-6;6-4-1-3(7)2-9-5(4)8;;/h1-3H,(H,13,14);2-3H2,1H3;1-2H,(H2,8,9);2*1H4. The highest BCUT2D eigenvalue weighted by molar-refractivity contribution is 14.1. The first-order valence-electron chi connectivity index (χ1n) is 8.39. The van der Waals surface area contributed by atoms with Gasteiger partial charge in [0.05, 0.1) is 22.0 Å². The lowest BCUT2D eigenvalue weighted by molar-refractivity contribution is -0.152. The van der Waals surface area contributed by atoms with E-state index >= 15 is 0 Å². The van der Waals surface area contributed by atoms with E-state index in [2.05, 4.69) is 75.8 Å². The Morgan fingerprint density at radius 2 is 1.74 bits per heavy atom. The van der Waals surface area contributed by atoms with Crippen LogP contribution in [-0.4, -0.2) is 49.1 Å². The number of alkyl halides is 1. The lowest BCUT2D eigenvalue weighted by atomic mass is 10.5. The highest BCUT2D eigenvalue weighted by Gasteiger charge is 2.12. The molecule has 14 heteroatoms. The number of imidazole rings is 1. The second-order valence-electron chi connectivity index (χ2n) is 5.47. The summed E-state index contributed by atoms with van der Waals surface area (Å²) in [6.07, 6.45) is 4.87. The highest BCUT2D eigenvalue weighted by Crippen LogP contribution is 2.20. The highest BCUT2D eigenvalue weighted by atomic mass is 127. The van der Waals surface area contributed by atoms with Crippen LogP contribution in [0.2, 0.25) is 10.0 Å². The summed E-state index contributed by atoms with van der Waals surface area (Å²) >= 11 is 18.6. The van der Waals surface area contributed by atoms with E-state index in [0.717, 1.165) is 7.14 Å². The fraction of sp³-hybridized carbons (Fsp3) is 0.250. The average Bonchev–Trinajstić information content (AvgIpc) is 3.16. The van der Waals surface area contributed by atoms with Gasteiger partial charge < -0.3 is 20.0 Å². The molecule has 9 nitrogen and oxygen atoms in total. The summed E-state index contributed by atoms with van der Waals surface area (Å²) in [7, 11) is 0. The van der Waals surface area contributed by atoms with E-state index in [4.69, 9.17) is 34.0 Å². The number of nitrogen functional groups attached to an aromatic ring is 1. The molecule has 3 N–H and O–H groups in total. The lowest BCUT2D eigenvalue weighted by Crippen LogP contribution is -2.17. The summed E-state index contributed by atoms with van der Waals surface area (Å²) in [5, 5.41) is 9.72. The Labute approximate surface area is 243 Å². The number of ether oxygens (including phenoxy) is 1.